The van der Waals surface area contributed by atoms with Crippen molar-refractivity contribution in [3.8, 4) is 5.75 Å². The van der Waals surface area contributed by atoms with Crippen molar-refractivity contribution in [2.45, 2.75) is 12.8 Å². The molecule has 2 heteroatoms. The van der Waals surface area contributed by atoms with Gasteiger partial charge in [-0.1, -0.05) is 25.1 Å². The normalized spacial score (nSPS) is 17.7. The van der Waals surface area contributed by atoms with Crippen molar-refractivity contribution in [1.82, 2.24) is 0 Å². The molecule has 0 saturated heterocycles. The van der Waals surface area contributed by atoms with Crippen molar-refractivity contribution in [2.24, 2.45) is 0 Å². The number of hydrogen-bond donors (Lipinski definition) is 0. The van der Waals surface area contributed by atoms with E-state index in [9.17, 15) is 4.39 Å². The molecule has 0 aromatic heterocycles. The molecule has 2 aromatic carbocycles. The molecule has 90 valence electrons. The van der Waals surface area contributed by atoms with E-state index in [1.807, 2.05) is 18.2 Å². The fraction of sp³-hybridized carbons (Fsp3) is 0.125. The highest BCUT2D eigenvalue weighted by molar-refractivity contribution is 5.66. The summed E-state index contributed by atoms with van der Waals surface area (Å²) >= 11 is 0. The molecule has 1 atom stereocenters. The van der Waals surface area contributed by atoms with Gasteiger partial charge in [-0.2, -0.15) is 0 Å². The Hall–Kier alpha value is -2.09. The average Bonchev–Trinajstić information content (AvgIpc) is 2.39. The second kappa shape index (κ2) is 4.30. The van der Waals surface area contributed by atoms with Crippen molar-refractivity contribution in [3.63, 3.8) is 0 Å². The summed E-state index contributed by atoms with van der Waals surface area (Å²) in [6.07, 6.45) is 2.07. The molecule has 1 aliphatic rings. The highest BCUT2D eigenvalue weighted by Gasteiger charge is 2.18. The lowest BCUT2D eigenvalue weighted by Gasteiger charge is -2.22. The highest BCUT2D eigenvalue weighted by atomic mass is 19.1. The number of hydrogen-bond acceptors (Lipinski definition) is 1. The van der Waals surface area contributed by atoms with E-state index in [1.54, 1.807) is 12.1 Å². The van der Waals surface area contributed by atoms with Crippen LogP contribution in [0.3, 0.4) is 0 Å². The number of fused-ring (bicyclic) bond motifs is 1. The van der Waals surface area contributed by atoms with Gasteiger partial charge in [-0.25, -0.2) is 4.39 Å². The summed E-state index contributed by atoms with van der Waals surface area (Å²) in [6, 6.07) is 14.4. The van der Waals surface area contributed by atoms with Gasteiger partial charge in [-0.05, 0) is 36.4 Å². The molecule has 18 heavy (non-hydrogen) atoms. The molecule has 2 aromatic rings. The minimum absolute atomic E-state index is 0.233. The molecule has 0 radical (unpaired) electrons. The Morgan fingerprint density at radius 1 is 1.00 bits per heavy atom. The third kappa shape index (κ3) is 1.90. The molecule has 0 bridgehead atoms. The summed E-state index contributed by atoms with van der Waals surface area (Å²) in [5, 5.41) is 0. The first-order chi connectivity index (χ1) is 8.74. The Morgan fingerprint density at radius 2 is 1.72 bits per heavy atom. The van der Waals surface area contributed by atoms with Crippen LogP contribution in [0.15, 0.2) is 54.6 Å². The standard InChI is InChI=1S/C16H13FO/c1-11-10-16(12-6-8-13(17)9-7-12)18-15-5-3-2-4-14(11)15/h2-11H,1H3. The first-order valence-electron chi connectivity index (χ1n) is 5.98. The summed E-state index contributed by atoms with van der Waals surface area (Å²) in [5.41, 5.74) is 2.08. The second-order valence-corrected chi connectivity index (χ2v) is 4.47. The van der Waals surface area contributed by atoms with Crippen LogP contribution in [0.5, 0.6) is 5.75 Å². The van der Waals surface area contributed by atoms with Crippen LogP contribution in [0.1, 0.15) is 24.0 Å². The first-order valence-corrected chi connectivity index (χ1v) is 5.98. The lowest BCUT2D eigenvalue weighted by Crippen LogP contribution is -2.06. The first kappa shape index (κ1) is 11.0. The minimum Gasteiger partial charge on any atom is -0.457 e. The summed E-state index contributed by atoms with van der Waals surface area (Å²) in [5.74, 6) is 1.74. The van der Waals surface area contributed by atoms with Crippen LogP contribution in [-0.4, -0.2) is 0 Å². The third-order valence-electron chi connectivity index (χ3n) is 3.16. The lowest BCUT2D eigenvalue weighted by molar-refractivity contribution is 0.489. The molecule has 1 heterocycles. The lowest BCUT2D eigenvalue weighted by atomic mass is 9.96. The van der Waals surface area contributed by atoms with Gasteiger partial charge in [-0.15, -0.1) is 0 Å². The highest BCUT2D eigenvalue weighted by Crippen LogP contribution is 2.36. The number of benzene rings is 2. The van der Waals surface area contributed by atoms with Gasteiger partial charge >= 0.3 is 0 Å². The van der Waals surface area contributed by atoms with E-state index in [-0.39, 0.29) is 5.82 Å². The van der Waals surface area contributed by atoms with Crippen molar-refractivity contribution in [1.29, 1.82) is 0 Å². The molecule has 1 nitrogen and oxygen atoms in total. The fourth-order valence-corrected chi connectivity index (χ4v) is 2.19. The van der Waals surface area contributed by atoms with E-state index < -0.39 is 0 Å². The van der Waals surface area contributed by atoms with Gasteiger partial charge in [0.1, 0.15) is 17.3 Å². The van der Waals surface area contributed by atoms with Gasteiger partial charge in [0.2, 0.25) is 0 Å². The Kier molecular flexibility index (Phi) is 2.63. The topological polar surface area (TPSA) is 9.23 Å². The maximum atomic E-state index is 12.9. The number of allylic oxidation sites excluding steroid dienone is 1. The van der Waals surface area contributed by atoms with Crippen molar-refractivity contribution >= 4 is 5.76 Å². The second-order valence-electron chi connectivity index (χ2n) is 4.47. The molecule has 3 rings (SSSR count). The van der Waals surface area contributed by atoms with Gasteiger partial charge in [0, 0.05) is 17.0 Å². The quantitative estimate of drug-likeness (QED) is 0.719. The van der Waals surface area contributed by atoms with Crippen molar-refractivity contribution in [2.75, 3.05) is 0 Å². The molecule has 0 amide bonds. The van der Waals surface area contributed by atoms with Crippen LogP contribution in [0.4, 0.5) is 4.39 Å². The minimum atomic E-state index is -0.233. The maximum absolute atomic E-state index is 12.9. The number of ether oxygens (including phenoxy) is 1. The van der Waals surface area contributed by atoms with E-state index in [4.69, 9.17) is 4.74 Å². The van der Waals surface area contributed by atoms with Crippen LogP contribution in [0.25, 0.3) is 5.76 Å². The summed E-state index contributed by atoms with van der Waals surface area (Å²) in [7, 11) is 0. The average molecular weight is 240 g/mol. The van der Waals surface area contributed by atoms with Crippen molar-refractivity contribution in [3.05, 3.63) is 71.6 Å². The van der Waals surface area contributed by atoms with E-state index in [0.717, 1.165) is 17.1 Å². The Balaban J connectivity index is 1.99. The molecular weight excluding hydrogens is 227 g/mol. The molecule has 0 fully saturated rings. The molecule has 1 unspecified atom stereocenters. The summed E-state index contributed by atoms with van der Waals surface area (Å²) in [4.78, 5) is 0. The number of halogens is 1. The largest absolute Gasteiger partial charge is 0.457 e. The van der Waals surface area contributed by atoms with Gasteiger partial charge in [-0.3, -0.25) is 0 Å². The summed E-state index contributed by atoms with van der Waals surface area (Å²) < 4.78 is 18.8. The van der Waals surface area contributed by atoms with Gasteiger partial charge in [0.15, 0.2) is 0 Å². The molecule has 0 spiro atoms. The van der Waals surface area contributed by atoms with Gasteiger partial charge in [0.25, 0.3) is 0 Å². The smallest absolute Gasteiger partial charge is 0.131 e. The van der Waals surface area contributed by atoms with Crippen LogP contribution >= 0.6 is 0 Å². The zero-order valence-corrected chi connectivity index (χ0v) is 10.1. The van der Waals surface area contributed by atoms with Crippen LogP contribution in [0.2, 0.25) is 0 Å². The SMILES string of the molecule is CC1C=C(c2ccc(F)cc2)Oc2ccccc21. The zero-order chi connectivity index (χ0) is 12.5. The summed E-state index contributed by atoms with van der Waals surface area (Å²) in [6.45, 7) is 2.13. The van der Waals surface area contributed by atoms with E-state index in [0.29, 0.717) is 5.92 Å². The van der Waals surface area contributed by atoms with Gasteiger partial charge < -0.3 is 4.74 Å². The molecule has 1 aliphatic heterocycles. The van der Waals surface area contributed by atoms with Crippen LogP contribution in [-0.2, 0) is 0 Å². The molecular formula is C16H13FO. The third-order valence-corrected chi connectivity index (χ3v) is 3.16. The van der Waals surface area contributed by atoms with Crippen LogP contribution < -0.4 is 4.74 Å². The predicted octanol–water partition coefficient (Wildman–Crippen LogP) is 4.36. The molecule has 0 N–H and O–H groups in total. The van der Waals surface area contributed by atoms with E-state index in [1.165, 1.54) is 17.7 Å². The molecule has 0 saturated carbocycles. The Morgan fingerprint density at radius 3 is 2.50 bits per heavy atom. The van der Waals surface area contributed by atoms with E-state index in [2.05, 4.69) is 19.1 Å². The fourth-order valence-electron chi connectivity index (χ4n) is 2.19. The van der Waals surface area contributed by atoms with E-state index >= 15 is 0 Å². The molecule has 0 aliphatic carbocycles. The van der Waals surface area contributed by atoms with Crippen molar-refractivity contribution < 1.29 is 9.13 Å². The monoisotopic (exact) mass is 240 g/mol. The number of rotatable bonds is 1. The predicted molar refractivity (Wildman–Crippen MR) is 69.9 cm³/mol. The number of para-hydroxylation sites is 1. The van der Waals surface area contributed by atoms with Gasteiger partial charge in [0.05, 0.1) is 0 Å². The van der Waals surface area contributed by atoms with Crippen LogP contribution in [0, 0.1) is 5.82 Å². The maximum Gasteiger partial charge on any atom is 0.131 e. The Bertz CT molecular complexity index is 599. The zero-order valence-electron chi connectivity index (χ0n) is 10.1. The Labute approximate surface area is 106 Å².